The van der Waals surface area contributed by atoms with Crippen molar-refractivity contribution in [1.82, 2.24) is 0 Å². The maximum Gasteiger partial charge on any atom is 0.193 e. The largest absolute Gasteiger partial charge is 0.490 e. The predicted octanol–water partition coefficient (Wildman–Crippen LogP) is 2.47. The van der Waals surface area contributed by atoms with Gasteiger partial charge in [-0.1, -0.05) is 0 Å². The number of ether oxygens (including phenoxy) is 2. The number of hydrogen-bond acceptors (Lipinski definition) is 4. The van der Waals surface area contributed by atoms with Gasteiger partial charge in [0.25, 0.3) is 0 Å². The molecule has 6 heteroatoms. The lowest BCUT2D eigenvalue weighted by molar-refractivity contribution is 0.297. The van der Waals surface area contributed by atoms with Gasteiger partial charge >= 0.3 is 0 Å². The monoisotopic (exact) mass is 307 g/mol. The molecule has 1 aromatic carbocycles. The fraction of sp³-hybridized carbons (Fsp3) is 0.533. The van der Waals surface area contributed by atoms with Crippen LogP contribution in [0.25, 0.3) is 0 Å². The number of aliphatic imine (C=N–C) groups is 1. The highest BCUT2D eigenvalue weighted by Crippen LogP contribution is 2.32. The summed E-state index contributed by atoms with van der Waals surface area (Å²) in [6.07, 6.45) is 3.44. The Kier molecular flexibility index (Phi) is 4.75. The molecular weight excluding hydrogens is 286 g/mol. The van der Waals surface area contributed by atoms with Crippen molar-refractivity contribution in [3.8, 4) is 11.5 Å². The molecule has 1 atom stereocenters. The number of fused-ring (bicyclic) bond motifs is 1. The smallest absolute Gasteiger partial charge is 0.193 e. The average molecular weight is 307 g/mol. The minimum atomic E-state index is 0.456. The van der Waals surface area contributed by atoms with Gasteiger partial charge in [-0.3, -0.25) is 4.99 Å². The molecule has 0 amide bonds. The molecule has 21 heavy (non-hydrogen) atoms. The average Bonchev–Trinajstić information content (AvgIpc) is 2.90. The lowest BCUT2D eigenvalue weighted by Gasteiger charge is -2.11. The van der Waals surface area contributed by atoms with E-state index in [0.717, 1.165) is 30.2 Å². The number of nitrogens with one attached hydrogen (secondary N) is 1. The summed E-state index contributed by atoms with van der Waals surface area (Å²) < 4.78 is 11.3. The Bertz CT molecular complexity index is 516. The Hall–Kier alpha value is -1.56. The van der Waals surface area contributed by atoms with Crippen molar-refractivity contribution in [3.63, 3.8) is 0 Å². The van der Waals surface area contributed by atoms with Crippen LogP contribution >= 0.6 is 11.8 Å². The van der Waals surface area contributed by atoms with Gasteiger partial charge in [0.2, 0.25) is 0 Å². The van der Waals surface area contributed by atoms with E-state index in [1.165, 1.54) is 18.6 Å². The Morgan fingerprint density at radius 1 is 1.29 bits per heavy atom. The van der Waals surface area contributed by atoms with E-state index in [0.29, 0.717) is 24.4 Å². The Morgan fingerprint density at radius 2 is 2.14 bits per heavy atom. The van der Waals surface area contributed by atoms with Gasteiger partial charge in [-0.05, 0) is 30.7 Å². The van der Waals surface area contributed by atoms with Crippen molar-refractivity contribution in [1.29, 1.82) is 0 Å². The molecule has 5 nitrogen and oxygen atoms in total. The third-order valence-corrected chi connectivity index (χ3v) is 4.89. The maximum atomic E-state index is 5.95. The molecule has 2 aliphatic heterocycles. The normalized spacial score (nSPS) is 21.9. The molecule has 3 N–H and O–H groups in total. The first-order valence-corrected chi connectivity index (χ1v) is 8.44. The van der Waals surface area contributed by atoms with E-state index in [-0.39, 0.29) is 0 Å². The molecule has 3 rings (SSSR count). The van der Waals surface area contributed by atoms with Crippen LogP contribution in [0.3, 0.4) is 0 Å². The molecule has 1 unspecified atom stereocenters. The number of thioether (sulfide) groups is 1. The Labute approximate surface area is 129 Å². The maximum absolute atomic E-state index is 5.95. The lowest BCUT2D eigenvalue weighted by Crippen LogP contribution is -2.24. The third kappa shape index (κ3) is 3.97. The summed E-state index contributed by atoms with van der Waals surface area (Å²) in [4.78, 5) is 4.42. The van der Waals surface area contributed by atoms with Crippen LogP contribution in [0.5, 0.6) is 11.5 Å². The van der Waals surface area contributed by atoms with E-state index in [4.69, 9.17) is 15.2 Å². The number of benzene rings is 1. The molecule has 2 heterocycles. The highest BCUT2D eigenvalue weighted by Gasteiger charge is 2.15. The summed E-state index contributed by atoms with van der Waals surface area (Å²) in [6, 6.07) is 5.75. The second-order valence-corrected chi connectivity index (χ2v) is 6.61. The highest BCUT2D eigenvalue weighted by molar-refractivity contribution is 8.00. The standard InChI is InChI=1S/C15H21N3O2S/c16-15(17-10-12-3-1-8-21-12)18-11-4-5-13-14(9-11)20-7-2-6-19-13/h4-5,9,12H,1-3,6-8,10H2,(H3,16,17,18). The van der Waals surface area contributed by atoms with Crippen LogP contribution in [-0.2, 0) is 0 Å². The first kappa shape index (κ1) is 14.4. The highest BCUT2D eigenvalue weighted by atomic mass is 32.2. The molecule has 0 aliphatic carbocycles. The molecule has 114 valence electrons. The molecule has 0 saturated carbocycles. The number of nitrogens with two attached hydrogens (primary N) is 1. The Morgan fingerprint density at radius 3 is 2.95 bits per heavy atom. The van der Waals surface area contributed by atoms with Gasteiger partial charge in [0.15, 0.2) is 17.5 Å². The Balaban J connectivity index is 1.61. The molecule has 1 fully saturated rings. The van der Waals surface area contributed by atoms with Crippen LogP contribution in [0.1, 0.15) is 19.3 Å². The minimum Gasteiger partial charge on any atom is -0.490 e. The van der Waals surface area contributed by atoms with Crippen molar-refractivity contribution in [2.75, 3.05) is 30.8 Å². The van der Waals surface area contributed by atoms with Gasteiger partial charge in [-0.2, -0.15) is 11.8 Å². The minimum absolute atomic E-state index is 0.456. The fourth-order valence-electron chi connectivity index (χ4n) is 2.42. The quantitative estimate of drug-likeness (QED) is 0.663. The molecular formula is C15H21N3O2S. The van der Waals surface area contributed by atoms with E-state index < -0.39 is 0 Å². The SMILES string of the molecule is NC(=NCC1CCCS1)Nc1ccc2c(c1)OCCCO2. The van der Waals surface area contributed by atoms with Crippen LogP contribution < -0.4 is 20.5 Å². The zero-order valence-corrected chi connectivity index (χ0v) is 12.8. The van der Waals surface area contributed by atoms with Gasteiger partial charge in [0.1, 0.15) is 0 Å². The van der Waals surface area contributed by atoms with Crippen LogP contribution in [0.15, 0.2) is 23.2 Å². The third-order valence-electron chi connectivity index (χ3n) is 3.51. The molecule has 1 saturated heterocycles. The zero-order valence-electron chi connectivity index (χ0n) is 12.0. The summed E-state index contributed by atoms with van der Waals surface area (Å²) in [7, 11) is 0. The van der Waals surface area contributed by atoms with Crippen molar-refractivity contribution in [2.45, 2.75) is 24.5 Å². The first-order chi connectivity index (χ1) is 10.3. The fourth-order valence-corrected chi connectivity index (χ4v) is 3.60. The van der Waals surface area contributed by atoms with Gasteiger partial charge in [0, 0.05) is 23.4 Å². The summed E-state index contributed by atoms with van der Waals surface area (Å²) in [5.41, 5.74) is 6.82. The lowest BCUT2D eigenvalue weighted by atomic mass is 10.2. The van der Waals surface area contributed by atoms with Gasteiger partial charge in [-0.15, -0.1) is 0 Å². The summed E-state index contributed by atoms with van der Waals surface area (Å²) in [5, 5.41) is 3.74. The summed E-state index contributed by atoms with van der Waals surface area (Å²) in [6.45, 7) is 2.16. The van der Waals surface area contributed by atoms with Crippen LogP contribution in [0.2, 0.25) is 0 Å². The number of hydrogen-bond donors (Lipinski definition) is 2. The van der Waals surface area contributed by atoms with Crippen molar-refractivity contribution >= 4 is 23.4 Å². The van der Waals surface area contributed by atoms with E-state index in [9.17, 15) is 0 Å². The molecule has 2 aliphatic rings. The molecule has 0 aromatic heterocycles. The first-order valence-electron chi connectivity index (χ1n) is 7.39. The topological polar surface area (TPSA) is 68.9 Å². The molecule has 0 bridgehead atoms. The van der Waals surface area contributed by atoms with Crippen LogP contribution in [0.4, 0.5) is 5.69 Å². The van der Waals surface area contributed by atoms with Crippen LogP contribution in [-0.4, -0.2) is 36.7 Å². The second-order valence-electron chi connectivity index (χ2n) is 5.20. The van der Waals surface area contributed by atoms with Gasteiger partial charge in [-0.25, -0.2) is 0 Å². The van der Waals surface area contributed by atoms with Crippen molar-refractivity contribution in [3.05, 3.63) is 18.2 Å². The molecule has 0 spiro atoms. The summed E-state index contributed by atoms with van der Waals surface area (Å²) in [5.74, 6) is 3.25. The summed E-state index contributed by atoms with van der Waals surface area (Å²) >= 11 is 1.98. The molecule has 1 aromatic rings. The zero-order chi connectivity index (χ0) is 14.5. The van der Waals surface area contributed by atoms with Gasteiger partial charge < -0.3 is 20.5 Å². The number of rotatable bonds is 3. The number of anilines is 1. The molecule has 0 radical (unpaired) electrons. The van der Waals surface area contributed by atoms with E-state index in [1.54, 1.807) is 0 Å². The van der Waals surface area contributed by atoms with Crippen LogP contribution in [0, 0.1) is 0 Å². The predicted molar refractivity (Wildman–Crippen MR) is 87.6 cm³/mol. The van der Waals surface area contributed by atoms with Crippen molar-refractivity contribution < 1.29 is 9.47 Å². The van der Waals surface area contributed by atoms with E-state index in [2.05, 4.69) is 10.3 Å². The second kappa shape index (κ2) is 6.93. The number of guanidine groups is 1. The van der Waals surface area contributed by atoms with Gasteiger partial charge in [0.05, 0.1) is 19.8 Å². The van der Waals surface area contributed by atoms with E-state index >= 15 is 0 Å². The van der Waals surface area contributed by atoms with E-state index in [1.807, 2.05) is 30.0 Å². The van der Waals surface area contributed by atoms with Crippen molar-refractivity contribution in [2.24, 2.45) is 10.7 Å². The number of nitrogens with zero attached hydrogens (tertiary/aromatic N) is 1.